The highest BCUT2D eigenvalue weighted by Crippen LogP contribution is 2.43. The Morgan fingerprint density at radius 3 is 2.06 bits per heavy atom. The van der Waals surface area contributed by atoms with Crippen molar-refractivity contribution in [1.82, 2.24) is 0 Å². The summed E-state index contributed by atoms with van der Waals surface area (Å²) in [6.45, 7) is 4.84. The van der Waals surface area contributed by atoms with Crippen molar-refractivity contribution in [3.63, 3.8) is 0 Å². The monoisotopic (exact) mass is 237 g/mol. The molecule has 0 aliphatic heterocycles. The average molecular weight is 237 g/mol. The normalized spacial score (nSPS) is 36.2. The van der Waals surface area contributed by atoms with Crippen LogP contribution < -0.4 is 5.73 Å². The lowest BCUT2D eigenvalue weighted by Gasteiger charge is -2.37. The minimum atomic E-state index is 0.179. The smallest absolute Gasteiger partial charge is 0.0183 e. The van der Waals surface area contributed by atoms with Crippen molar-refractivity contribution in [2.24, 2.45) is 17.1 Å². The molecule has 0 amide bonds. The molecule has 0 bridgehead atoms. The fourth-order valence-corrected chi connectivity index (χ4v) is 3.98. The summed E-state index contributed by atoms with van der Waals surface area (Å²) in [6, 6.07) is 0. The third-order valence-electron chi connectivity index (χ3n) is 5.43. The molecule has 2 saturated carbocycles. The van der Waals surface area contributed by atoms with E-state index in [9.17, 15) is 0 Å². The second-order valence-corrected chi connectivity index (χ2v) is 7.44. The first-order chi connectivity index (χ1) is 8.02. The summed E-state index contributed by atoms with van der Waals surface area (Å²) in [5, 5.41) is 0. The van der Waals surface area contributed by atoms with Gasteiger partial charge >= 0.3 is 0 Å². The lowest BCUT2D eigenvalue weighted by molar-refractivity contribution is 0.206. The molecular formula is C16H31N. The number of hydrogen-bond acceptors (Lipinski definition) is 1. The van der Waals surface area contributed by atoms with Crippen molar-refractivity contribution < 1.29 is 0 Å². The Labute approximate surface area is 108 Å². The van der Waals surface area contributed by atoms with E-state index in [-0.39, 0.29) is 5.54 Å². The summed E-state index contributed by atoms with van der Waals surface area (Å²) >= 11 is 0. The summed E-state index contributed by atoms with van der Waals surface area (Å²) in [5.74, 6) is 0.818. The molecule has 0 radical (unpaired) electrons. The van der Waals surface area contributed by atoms with E-state index in [2.05, 4.69) is 13.8 Å². The molecular weight excluding hydrogens is 206 g/mol. The Balaban J connectivity index is 2.01. The molecule has 1 heteroatoms. The maximum atomic E-state index is 6.82. The van der Waals surface area contributed by atoms with E-state index in [0.717, 1.165) is 5.92 Å². The van der Waals surface area contributed by atoms with Gasteiger partial charge < -0.3 is 5.73 Å². The Morgan fingerprint density at radius 1 is 0.765 bits per heavy atom. The quantitative estimate of drug-likeness (QED) is 0.660. The van der Waals surface area contributed by atoms with Crippen LogP contribution in [-0.4, -0.2) is 5.54 Å². The molecule has 1 nitrogen and oxygen atoms in total. The molecule has 0 aromatic rings. The van der Waals surface area contributed by atoms with Crippen molar-refractivity contribution in [1.29, 1.82) is 0 Å². The molecule has 2 rings (SSSR count). The molecule has 2 aliphatic carbocycles. The van der Waals surface area contributed by atoms with Gasteiger partial charge in [-0.05, 0) is 49.9 Å². The minimum absolute atomic E-state index is 0.179. The molecule has 2 aliphatic rings. The Kier molecular flexibility index (Phi) is 4.18. The number of rotatable bonds is 1. The second kappa shape index (κ2) is 5.30. The summed E-state index contributed by atoms with van der Waals surface area (Å²) in [6.07, 6.45) is 15.1. The standard InChI is InChI=1S/C16H31N/c1-15(2)10-7-11-16(17,13-12-15)14-8-5-3-4-6-9-14/h14H,3-13,17H2,1-2H3. The van der Waals surface area contributed by atoms with Crippen LogP contribution in [0.2, 0.25) is 0 Å². The predicted molar refractivity (Wildman–Crippen MR) is 75.0 cm³/mol. The molecule has 0 heterocycles. The topological polar surface area (TPSA) is 26.0 Å². The van der Waals surface area contributed by atoms with Crippen LogP contribution in [0.15, 0.2) is 0 Å². The van der Waals surface area contributed by atoms with E-state index < -0.39 is 0 Å². The van der Waals surface area contributed by atoms with Crippen LogP contribution in [0.4, 0.5) is 0 Å². The molecule has 1 unspecified atom stereocenters. The van der Waals surface area contributed by atoms with Gasteiger partial charge in [-0.2, -0.15) is 0 Å². The highest BCUT2D eigenvalue weighted by molar-refractivity contribution is 4.95. The molecule has 2 N–H and O–H groups in total. The molecule has 100 valence electrons. The maximum absolute atomic E-state index is 6.82. The molecule has 0 spiro atoms. The number of hydrogen-bond donors (Lipinski definition) is 1. The molecule has 0 aromatic carbocycles. The Morgan fingerprint density at radius 2 is 1.41 bits per heavy atom. The fraction of sp³-hybridized carbons (Fsp3) is 1.00. The van der Waals surface area contributed by atoms with Crippen LogP contribution in [-0.2, 0) is 0 Å². The van der Waals surface area contributed by atoms with Gasteiger partial charge in [0, 0.05) is 5.54 Å². The van der Waals surface area contributed by atoms with Crippen molar-refractivity contribution in [2.45, 2.75) is 90.0 Å². The summed E-state index contributed by atoms with van der Waals surface area (Å²) in [4.78, 5) is 0. The van der Waals surface area contributed by atoms with Gasteiger partial charge in [0.05, 0.1) is 0 Å². The van der Waals surface area contributed by atoms with Crippen LogP contribution in [0.25, 0.3) is 0 Å². The molecule has 0 saturated heterocycles. The van der Waals surface area contributed by atoms with Gasteiger partial charge in [0.25, 0.3) is 0 Å². The van der Waals surface area contributed by atoms with Crippen LogP contribution in [0.1, 0.15) is 84.5 Å². The van der Waals surface area contributed by atoms with Gasteiger partial charge in [0.1, 0.15) is 0 Å². The summed E-state index contributed by atoms with van der Waals surface area (Å²) < 4.78 is 0. The lowest BCUT2D eigenvalue weighted by Crippen LogP contribution is -2.46. The largest absolute Gasteiger partial charge is 0.325 e. The van der Waals surface area contributed by atoms with Crippen molar-refractivity contribution in [3.05, 3.63) is 0 Å². The number of nitrogens with two attached hydrogens (primary N) is 1. The van der Waals surface area contributed by atoms with E-state index >= 15 is 0 Å². The third kappa shape index (κ3) is 3.47. The zero-order valence-electron chi connectivity index (χ0n) is 11.9. The van der Waals surface area contributed by atoms with E-state index in [0.29, 0.717) is 5.41 Å². The van der Waals surface area contributed by atoms with Gasteiger partial charge in [0.15, 0.2) is 0 Å². The first kappa shape index (κ1) is 13.4. The van der Waals surface area contributed by atoms with Gasteiger partial charge in [-0.15, -0.1) is 0 Å². The zero-order valence-corrected chi connectivity index (χ0v) is 11.9. The highest BCUT2D eigenvalue weighted by Gasteiger charge is 2.38. The van der Waals surface area contributed by atoms with Crippen molar-refractivity contribution in [3.8, 4) is 0 Å². The zero-order chi connectivity index (χ0) is 12.4. The van der Waals surface area contributed by atoms with Gasteiger partial charge in [-0.1, -0.05) is 46.0 Å². The predicted octanol–water partition coefficient (Wildman–Crippen LogP) is 4.64. The second-order valence-electron chi connectivity index (χ2n) is 7.44. The van der Waals surface area contributed by atoms with Crippen LogP contribution in [0, 0.1) is 11.3 Å². The lowest BCUT2D eigenvalue weighted by atomic mass is 9.74. The Hall–Kier alpha value is -0.0400. The van der Waals surface area contributed by atoms with Crippen LogP contribution >= 0.6 is 0 Å². The van der Waals surface area contributed by atoms with E-state index in [1.165, 1.54) is 70.6 Å². The van der Waals surface area contributed by atoms with E-state index in [1.54, 1.807) is 0 Å². The minimum Gasteiger partial charge on any atom is -0.325 e. The molecule has 17 heavy (non-hydrogen) atoms. The van der Waals surface area contributed by atoms with Gasteiger partial charge in [-0.3, -0.25) is 0 Å². The van der Waals surface area contributed by atoms with Crippen molar-refractivity contribution in [2.75, 3.05) is 0 Å². The first-order valence-corrected chi connectivity index (χ1v) is 7.81. The van der Waals surface area contributed by atoms with Crippen LogP contribution in [0.5, 0.6) is 0 Å². The summed E-state index contributed by atoms with van der Waals surface area (Å²) in [5.41, 5.74) is 7.54. The molecule has 0 aromatic heterocycles. The third-order valence-corrected chi connectivity index (χ3v) is 5.43. The molecule has 1 atom stereocenters. The van der Waals surface area contributed by atoms with Crippen LogP contribution in [0.3, 0.4) is 0 Å². The van der Waals surface area contributed by atoms with Crippen molar-refractivity contribution >= 4 is 0 Å². The Bertz CT molecular complexity index is 238. The first-order valence-electron chi connectivity index (χ1n) is 7.81. The van der Waals surface area contributed by atoms with E-state index in [4.69, 9.17) is 5.73 Å². The summed E-state index contributed by atoms with van der Waals surface area (Å²) in [7, 11) is 0. The maximum Gasteiger partial charge on any atom is 0.0183 e. The fourth-order valence-electron chi connectivity index (χ4n) is 3.98. The van der Waals surface area contributed by atoms with Gasteiger partial charge in [-0.25, -0.2) is 0 Å². The van der Waals surface area contributed by atoms with Gasteiger partial charge in [0.2, 0.25) is 0 Å². The SMILES string of the molecule is CC1(C)CCCC(N)(C2CCCCCC2)CC1. The molecule has 2 fully saturated rings. The highest BCUT2D eigenvalue weighted by atomic mass is 14.8. The average Bonchev–Trinajstić information content (AvgIpc) is 2.60. The van der Waals surface area contributed by atoms with E-state index in [1.807, 2.05) is 0 Å².